The molecule has 7 heteroatoms. The van der Waals surface area contributed by atoms with Gasteiger partial charge in [-0.25, -0.2) is 8.78 Å². The lowest BCUT2D eigenvalue weighted by Crippen LogP contribution is -2.51. The van der Waals surface area contributed by atoms with Crippen molar-refractivity contribution in [2.45, 2.75) is 76.9 Å². The van der Waals surface area contributed by atoms with Crippen LogP contribution in [0.2, 0.25) is 0 Å². The summed E-state index contributed by atoms with van der Waals surface area (Å²) in [5, 5.41) is 17.4. The summed E-state index contributed by atoms with van der Waals surface area (Å²) < 4.78 is 27.5. The predicted octanol–water partition coefficient (Wildman–Crippen LogP) is 5.05. The van der Waals surface area contributed by atoms with E-state index in [1.165, 1.54) is 30.5 Å². The van der Waals surface area contributed by atoms with E-state index in [4.69, 9.17) is 0 Å². The van der Waals surface area contributed by atoms with E-state index in [9.17, 15) is 18.7 Å². The monoisotopic (exact) mass is 513 g/mol. The fraction of sp³-hybridized carbons (Fsp3) is 0.533. The van der Waals surface area contributed by atoms with Crippen LogP contribution in [0.1, 0.15) is 70.1 Å². The third-order valence-electron chi connectivity index (χ3n) is 7.42. The van der Waals surface area contributed by atoms with Crippen LogP contribution in [0.3, 0.4) is 0 Å². The lowest BCUT2D eigenvalue weighted by atomic mass is 9.74. The maximum absolute atomic E-state index is 13.8. The van der Waals surface area contributed by atoms with Crippen LogP contribution in [0.25, 0.3) is 0 Å². The molecule has 1 saturated carbocycles. The van der Waals surface area contributed by atoms with Gasteiger partial charge in [0.25, 0.3) is 0 Å². The molecule has 2 atom stereocenters. The van der Waals surface area contributed by atoms with Gasteiger partial charge in [-0.05, 0) is 73.3 Å². The van der Waals surface area contributed by atoms with Gasteiger partial charge in [0.05, 0.1) is 12.0 Å². The molecule has 2 aromatic rings. The number of halogens is 2. The van der Waals surface area contributed by atoms with Crippen molar-refractivity contribution in [3.63, 3.8) is 0 Å². The van der Waals surface area contributed by atoms with E-state index in [1.807, 2.05) is 6.92 Å². The molecule has 0 heterocycles. The fourth-order valence-corrected chi connectivity index (χ4v) is 5.21. The average Bonchev–Trinajstić information content (AvgIpc) is 2.85. The quantitative estimate of drug-likeness (QED) is 0.440. The zero-order valence-electron chi connectivity index (χ0n) is 22.7. The van der Waals surface area contributed by atoms with Gasteiger partial charge in [0.15, 0.2) is 0 Å². The number of carbonyl (C=O) groups excluding carboxylic acids is 1. The fourth-order valence-electron chi connectivity index (χ4n) is 5.21. The number of aliphatic hydroxyl groups excluding tert-OH is 1. The Morgan fingerprint density at radius 1 is 1.11 bits per heavy atom. The lowest BCUT2D eigenvalue weighted by Gasteiger charge is -2.41. The van der Waals surface area contributed by atoms with E-state index in [0.29, 0.717) is 5.56 Å². The van der Waals surface area contributed by atoms with E-state index in [0.717, 1.165) is 43.9 Å². The maximum Gasteiger partial charge on any atom is 0.225 e. The molecular weight excluding hydrogens is 472 g/mol. The molecule has 0 aromatic heterocycles. The second-order valence-corrected chi connectivity index (χ2v) is 11.1. The van der Waals surface area contributed by atoms with E-state index in [1.54, 1.807) is 0 Å². The molecule has 0 spiro atoms. The van der Waals surface area contributed by atoms with Gasteiger partial charge < -0.3 is 15.7 Å². The molecule has 1 fully saturated rings. The average molecular weight is 514 g/mol. The van der Waals surface area contributed by atoms with Gasteiger partial charge in [-0.2, -0.15) is 0 Å². The van der Waals surface area contributed by atoms with Gasteiger partial charge >= 0.3 is 0 Å². The topological polar surface area (TPSA) is 73.7 Å². The molecule has 0 saturated heterocycles. The molecule has 2 aromatic carbocycles. The van der Waals surface area contributed by atoms with Crippen molar-refractivity contribution >= 4 is 11.6 Å². The number of hydrogen-bond acceptors (Lipinski definition) is 4. The van der Waals surface area contributed by atoms with Crippen molar-refractivity contribution in [1.29, 1.82) is 0 Å². The van der Waals surface area contributed by atoms with Crippen molar-refractivity contribution in [1.82, 2.24) is 10.6 Å². The Labute approximate surface area is 219 Å². The summed E-state index contributed by atoms with van der Waals surface area (Å²) >= 11 is 0. The molecule has 2 unspecified atom stereocenters. The van der Waals surface area contributed by atoms with Crippen LogP contribution in [0.15, 0.2) is 47.5 Å². The molecule has 37 heavy (non-hydrogen) atoms. The van der Waals surface area contributed by atoms with E-state index < -0.39 is 23.7 Å². The van der Waals surface area contributed by atoms with Crippen LogP contribution in [-0.4, -0.2) is 43.0 Å². The first-order valence-electron chi connectivity index (χ1n) is 13.2. The second-order valence-electron chi connectivity index (χ2n) is 11.1. The zero-order chi connectivity index (χ0) is 27.2. The van der Waals surface area contributed by atoms with Crippen LogP contribution in [-0.2, 0) is 22.2 Å². The number of benzene rings is 2. The highest BCUT2D eigenvalue weighted by Crippen LogP contribution is 2.38. The summed E-state index contributed by atoms with van der Waals surface area (Å²) in [6.07, 6.45) is 2.34. The molecule has 1 aliphatic carbocycles. The Morgan fingerprint density at radius 2 is 1.76 bits per heavy atom. The summed E-state index contributed by atoms with van der Waals surface area (Å²) in [6, 6.07) is 11.8. The normalized spacial score (nSPS) is 19.8. The highest BCUT2D eigenvalue weighted by molar-refractivity contribution is 5.85. The number of aliphatic imine (C=N–C) groups is 1. The van der Waals surface area contributed by atoms with Crippen molar-refractivity contribution in [2.75, 3.05) is 20.1 Å². The van der Waals surface area contributed by atoms with Gasteiger partial charge in [0.2, 0.25) is 5.91 Å². The van der Waals surface area contributed by atoms with E-state index in [2.05, 4.69) is 60.7 Å². The van der Waals surface area contributed by atoms with Crippen LogP contribution in [0.5, 0.6) is 0 Å². The number of nitrogens with zero attached hydrogens (tertiary/aromatic N) is 1. The molecule has 0 aliphatic heterocycles. The van der Waals surface area contributed by atoms with Gasteiger partial charge in [0, 0.05) is 37.5 Å². The first-order chi connectivity index (χ1) is 17.5. The predicted molar refractivity (Wildman–Crippen MR) is 145 cm³/mol. The number of nitrogens with one attached hydrogen (secondary N) is 2. The molecule has 0 bridgehead atoms. The number of carbonyl (C=O) groups is 1. The van der Waals surface area contributed by atoms with Gasteiger partial charge in [0.1, 0.15) is 11.6 Å². The highest BCUT2D eigenvalue weighted by Gasteiger charge is 2.37. The van der Waals surface area contributed by atoms with Crippen LogP contribution in [0.4, 0.5) is 8.78 Å². The number of amides is 1. The Balaban J connectivity index is 1.86. The van der Waals surface area contributed by atoms with Crippen molar-refractivity contribution < 1.29 is 18.7 Å². The Kier molecular flexibility index (Phi) is 9.59. The molecule has 5 nitrogen and oxygen atoms in total. The SMILES string of the molecule is CCN=C1CCC(NCC(O)C(Cc2cc(F)cc(F)c2)C(=O)NC)(c2cccc(C(C)(C)C)c2)CC1. The molecule has 0 radical (unpaired) electrons. The lowest BCUT2D eigenvalue weighted by molar-refractivity contribution is -0.128. The largest absolute Gasteiger partial charge is 0.391 e. The minimum Gasteiger partial charge on any atom is -0.391 e. The Hall–Kier alpha value is -2.64. The summed E-state index contributed by atoms with van der Waals surface area (Å²) in [7, 11) is 1.50. The summed E-state index contributed by atoms with van der Waals surface area (Å²) in [5.74, 6) is -2.65. The Bertz CT molecular complexity index is 1080. The van der Waals surface area contributed by atoms with Gasteiger partial charge in [-0.1, -0.05) is 45.0 Å². The van der Waals surface area contributed by atoms with Crippen LogP contribution >= 0.6 is 0 Å². The smallest absolute Gasteiger partial charge is 0.225 e. The summed E-state index contributed by atoms with van der Waals surface area (Å²) in [6.45, 7) is 9.53. The minimum atomic E-state index is -1.06. The maximum atomic E-state index is 13.8. The number of hydrogen-bond donors (Lipinski definition) is 3. The summed E-state index contributed by atoms with van der Waals surface area (Å²) in [5.41, 5.74) is 3.54. The molecule has 3 N–H and O–H groups in total. The minimum absolute atomic E-state index is 0.00918. The van der Waals surface area contributed by atoms with Gasteiger partial charge in [-0.15, -0.1) is 0 Å². The van der Waals surface area contributed by atoms with Crippen LogP contribution < -0.4 is 10.6 Å². The van der Waals surface area contributed by atoms with Crippen molar-refractivity contribution in [3.05, 3.63) is 70.8 Å². The van der Waals surface area contributed by atoms with E-state index in [-0.39, 0.29) is 29.8 Å². The van der Waals surface area contributed by atoms with Crippen molar-refractivity contribution in [3.8, 4) is 0 Å². The molecule has 1 amide bonds. The zero-order valence-corrected chi connectivity index (χ0v) is 22.7. The molecule has 1 aliphatic rings. The number of rotatable bonds is 9. The third kappa shape index (κ3) is 7.45. The second kappa shape index (κ2) is 12.3. The molecule has 202 valence electrons. The van der Waals surface area contributed by atoms with Crippen LogP contribution in [0, 0.1) is 17.6 Å². The molecular formula is C30H41F2N3O2. The molecule has 3 rings (SSSR count). The van der Waals surface area contributed by atoms with E-state index >= 15 is 0 Å². The van der Waals surface area contributed by atoms with Crippen molar-refractivity contribution in [2.24, 2.45) is 10.9 Å². The first-order valence-corrected chi connectivity index (χ1v) is 13.2. The summed E-state index contributed by atoms with van der Waals surface area (Å²) in [4.78, 5) is 17.3. The first kappa shape index (κ1) is 28.9. The Morgan fingerprint density at radius 3 is 2.32 bits per heavy atom. The number of aliphatic hydroxyl groups is 1. The standard InChI is InChI=1S/C30H41F2N3O2/c1-6-34-25-10-12-30(13-11-25,22-9-7-8-21(17-22)29(2,3)4)35-19-27(36)26(28(37)33-5)16-20-14-23(31)18-24(32)15-20/h7-9,14-15,17-18,26-27,35-36H,6,10-13,16,19H2,1-5H3,(H,33,37). The third-order valence-corrected chi connectivity index (χ3v) is 7.42. The van der Waals surface area contributed by atoms with Gasteiger partial charge in [-0.3, -0.25) is 9.79 Å². The highest BCUT2D eigenvalue weighted by atomic mass is 19.1.